The zero-order valence-electron chi connectivity index (χ0n) is 17.1. The van der Waals surface area contributed by atoms with Gasteiger partial charge < -0.3 is 9.26 Å². The summed E-state index contributed by atoms with van der Waals surface area (Å²) >= 11 is 1.41. The Morgan fingerprint density at radius 2 is 2.06 bits per heavy atom. The Balaban J connectivity index is 1.55. The van der Waals surface area contributed by atoms with E-state index in [0.29, 0.717) is 51.9 Å². The summed E-state index contributed by atoms with van der Waals surface area (Å²) in [6, 6.07) is 12.5. The van der Waals surface area contributed by atoms with Crippen LogP contribution in [0.25, 0.3) is 22.8 Å². The zero-order valence-corrected chi connectivity index (χ0v) is 17.9. The van der Waals surface area contributed by atoms with E-state index < -0.39 is 0 Å². The minimum atomic E-state index is -0.306. The molecule has 0 radical (unpaired) electrons. The Morgan fingerprint density at radius 3 is 2.84 bits per heavy atom. The van der Waals surface area contributed by atoms with Crippen LogP contribution in [-0.4, -0.2) is 32.0 Å². The van der Waals surface area contributed by atoms with Gasteiger partial charge in [-0.15, -0.1) is 16.8 Å². The fourth-order valence-corrected chi connectivity index (χ4v) is 3.79. The van der Waals surface area contributed by atoms with Crippen LogP contribution >= 0.6 is 11.8 Å². The van der Waals surface area contributed by atoms with Gasteiger partial charge in [0.2, 0.25) is 11.7 Å². The van der Waals surface area contributed by atoms with Gasteiger partial charge in [0.15, 0.2) is 11.0 Å². The Morgan fingerprint density at radius 1 is 1.23 bits per heavy atom. The molecule has 7 nitrogen and oxygen atoms in total. The molecule has 4 aromatic rings. The quantitative estimate of drug-likeness (QED) is 0.286. The van der Waals surface area contributed by atoms with Crippen molar-refractivity contribution >= 4 is 11.8 Å². The summed E-state index contributed by atoms with van der Waals surface area (Å²) < 4.78 is 26.6. The minimum absolute atomic E-state index is 0.306. The third-order valence-corrected chi connectivity index (χ3v) is 5.55. The van der Waals surface area contributed by atoms with Gasteiger partial charge in [-0.2, -0.15) is 4.98 Å². The van der Waals surface area contributed by atoms with Crippen LogP contribution in [0.5, 0.6) is 5.75 Å². The molecular formula is C22H20FN5O2S. The largest absolute Gasteiger partial charge is 0.496 e. The van der Waals surface area contributed by atoms with Crippen molar-refractivity contribution in [3.63, 3.8) is 0 Å². The van der Waals surface area contributed by atoms with E-state index in [-0.39, 0.29) is 5.82 Å². The van der Waals surface area contributed by atoms with Crippen LogP contribution in [0.4, 0.5) is 4.39 Å². The first kappa shape index (κ1) is 20.8. The molecule has 0 spiro atoms. The van der Waals surface area contributed by atoms with Crippen LogP contribution in [0.15, 0.2) is 64.8 Å². The third-order valence-electron chi connectivity index (χ3n) is 4.60. The molecule has 0 aliphatic rings. The van der Waals surface area contributed by atoms with Crippen LogP contribution in [-0.2, 0) is 12.3 Å². The topological polar surface area (TPSA) is 78.9 Å². The molecule has 31 heavy (non-hydrogen) atoms. The van der Waals surface area contributed by atoms with Gasteiger partial charge in [-0.05, 0) is 30.7 Å². The van der Waals surface area contributed by atoms with E-state index in [4.69, 9.17) is 9.26 Å². The molecule has 4 rings (SSSR count). The lowest BCUT2D eigenvalue weighted by Crippen LogP contribution is -2.01. The third kappa shape index (κ3) is 4.36. The molecule has 2 aromatic heterocycles. The summed E-state index contributed by atoms with van der Waals surface area (Å²) in [5.41, 5.74) is 1.97. The van der Waals surface area contributed by atoms with Crippen LogP contribution in [0.3, 0.4) is 0 Å². The molecule has 0 N–H and O–H groups in total. The highest BCUT2D eigenvalue weighted by Gasteiger charge is 2.18. The van der Waals surface area contributed by atoms with Gasteiger partial charge in [0.25, 0.3) is 0 Å². The van der Waals surface area contributed by atoms with Gasteiger partial charge in [-0.1, -0.05) is 47.3 Å². The molecule has 0 atom stereocenters. The molecule has 9 heteroatoms. The van der Waals surface area contributed by atoms with E-state index in [0.717, 1.165) is 5.56 Å². The molecule has 0 bridgehead atoms. The number of benzene rings is 2. The molecule has 0 amide bonds. The standard InChI is InChI=1S/C22H20FN5O2S/c1-4-11-28-21(16-7-5-6-8-18(16)29-3)25-26-22(28)31-13-19-24-20(27-30-19)15-10-9-14(2)17(23)12-15/h4-10,12H,1,11,13H2,2-3H3. The van der Waals surface area contributed by atoms with E-state index in [9.17, 15) is 4.39 Å². The van der Waals surface area contributed by atoms with Crippen molar-refractivity contribution in [2.75, 3.05) is 7.11 Å². The van der Waals surface area contributed by atoms with E-state index in [2.05, 4.69) is 26.9 Å². The number of aryl methyl sites for hydroxylation is 1. The van der Waals surface area contributed by atoms with Gasteiger partial charge in [-0.3, -0.25) is 4.57 Å². The van der Waals surface area contributed by atoms with Gasteiger partial charge in [0, 0.05) is 12.1 Å². The number of hydrogen-bond acceptors (Lipinski definition) is 7. The fraction of sp³-hybridized carbons (Fsp3) is 0.182. The average molecular weight is 438 g/mol. The number of thioether (sulfide) groups is 1. The van der Waals surface area contributed by atoms with Gasteiger partial charge in [0.1, 0.15) is 11.6 Å². The van der Waals surface area contributed by atoms with E-state index in [1.54, 1.807) is 32.2 Å². The number of hydrogen-bond donors (Lipinski definition) is 0. The van der Waals surface area contributed by atoms with Crippen LogP contribution in [0.2, 0.25) is 0 Å². The highest BCUT2D eigenvalue weighted by molar-refractivity contribution is 7.98. The maximum absolute atomic E-state index is 13.8. The maximum Gasteiger partial charge on any atom is 0.237 e. The number of ether oxygens (including phenoxy) is 1. The molecule has 158 valence electrons. The number of allylic oxidation sites excluding steroid dienone is 1. The summed E-state index contributed by atoms with van der Waals surface area (Å²) in [4.78, 5) is 4.37. The van der Waals surface area contributed by atoms with Crippen LogP contribution < -0.4 is 4.74 Å². The Labute approximate surface area is 183 Å². The summed E-state index contributed by atoms with van der Waals surface area (Å²) in [5, 5.41) is 13.3. The first-order valence-corrected chi connectivity index (χ1v) is 10.5. The molecule has 0 aliphatic heterocycles. The Hall–Kier alpha value is -3.46. The van der Waals surface area contributed by atoms with Crippen molar-refractivity contribution in [2.24, 2.45) is 0 Å². The van der Waals surface area contributed by atoms with Gasteiger partial charge in [-0.25, -0.2) is 4.39 Å². The zero-order chi connectivity index (χ0) is 21.8. The lowest BCUT2D eigenvalue weighted by atomic mass is 10.1. The number of aromatic nitrogens is 5. The monoisotopic (exact) mass is 437 g/mol. The Bertz CT molecular complexity index is 1220. The predicted molar refractivity (Wildman–Crippen MR) is 116 cm³/mol. The normalized spacial score (nSPS) is 10.9. The second-order valence-corrected chi connectivity index (χ2v) is 7.61. The van der Waals surface area contributed by atoms with Crippen molar-refractivity contribution < 1.29 is 13.7 Å². The molecule has 2 aromatic carbocycles. The highest BCUT2D eigenvalue weighted by atomic mass is 32.2. The molecule has 2 heterocycles. The molecule has 0 fully saturated rings. The number of halogens is 1. The van der Waals surface area contributed by atoms with E-state index in [1.165, 1.54) is 17.8 Å². The molecule has 0 saturated carbocycles. The van der Waals surface area contributed by atoms with Crippen LogP contribution in [0, 0.1) is 12.7 Å². The van der Waals surface area contributed by atoms with Crippen molar-refractivity contribution in [3.8, 4) is 28.5 Å². The van der Waals surface area contributed by atoms with Crippen LogP contribution in [0.1, 0.15) is 11.5 Å². The summed E-state index contributed by atoms with van der Waals surface area (Å²) in [6.07, 6.45) is 1.78. The van der Waals surface area contributed by atoms with Crippen molar-refractivity contribution in [1.82, 2.24) is 24.9 Å². The van der Waals surface area contributed by atoms with Crippen molar-refractivity contribution in [2.45, 2.75) is 24.4 Å². The summed E-state index contributed by atoms with van der Waals surface area (Å²) in [5.74, 6) is 2.23. The second-order valence-electron chi connectivity index (χ2n) is 6.67. The Kier molecular flexibility index (Phi) is 6.13. The first-order chi connectivity index (χ1) is 15.1. The fourth-order valence-electron chi connectivity index (χ4n) is 3.01. The molecule has 0 aliphatic carbocycles. The van der Waals surface area contributed by atoms with E-state index >= 15 is 0 Å². The molecule has 0 unspecified atom stereocenters. The second kappa shape index (κ2) is 9.13. The highest BCUT2D eigenvalue weighted by Crippen LogP contribution is 2.32. The average Bonchev–Trinajstić information content (AvgIpc) is 3.42. The molecule has 0 saturated heterocycles. The SMILES string of the molecule is C=CCn1c(SCc2nc(-c3ccc(C)c(F)c3)no2)nnc1-c1ccccc1OC. The smallest absolute Gasteiger partial charge is 0.237 e. The summed E-state index contributed by atoms with van der Waals surface area (Å²) in [6.45, 7) is 6.07. The number of rotatable bonds is 8. The van der Waals surface area contributed by atoms with Gasteiger partial charge >= 0.3 is 0 Å². The minimum Gasteiger partial charge on any atom is -0.496 e. The lowest BCUT2D eigenvalue weighted by Gasteiger charge is -2.10. The summed E-state index contributed by atoms with van der Waals surface area (Å²) in [7, 11) is 1.62. The first-order valence-electron chi connectivity index (χ1n) is 9.50. The number of para-hydroxylation sites is 1. The van der Waals surface area contributed by atoms with Crippen molar-refractivity contribution in [3.05, 3.63) is 72.4 Å². The molecular weight excluding hydrogens is 417 g/mol. The van der Waals surface area contributed by atoms with Gasteiger partial charge in [0.05, 0.1) is 18.4 Å². The number of methoxy groups -OCH3 is 1. The van der Waals surface area contributed by atoms with E-state index in [1.807, 2.05) is 28.8 Å². The number of nitrogens with zero attached hydrogens (tertiary/aromatic N) is 5. The van der Waals surface area contributed by atoms with Crippen molar-refractivity contribution in [1.29, 1.82) is 0 Å². The maximum atomic E-state index is 13.8. The predicted octanol–water partition coefficient (Wildman–Crippen LogP) is 4.93. The lowest BCUT2D eigenvalue weighted by molar-refractivity contribution is 0.391.